The number of H-pyrrole nitrogens is 1. The molecular formula is C16H22Cl2N4O2. The molecule has 2 heterocycles. The SMILES string of the molecule is Cl.Cl.O=C(Nc1ccc2nc(C3CCC3)[nH]c2c1)C1CNCCO1. The second kappa shape index (κ2) is 8.16. The topological polar surface area (TPSA) is 79.0 Å². The van der Waals surface area contributed by atoms with Gasteiger partial charge in [0.25, 0.3) is 5.91 Å². The molecular weight excluding hydrogens is 351 g/mol. The quantitative estimate of drug-likeness (QED) is 0.773. The van der Waals surface area contributed by atoms with E-state index in [1.807, 2.05) is 18.2 Å². The second-order valence-corrected chi connectivity index (χ2v) is 6.03. The highest BCUT2D eigenvalue weighted by molar-refractivity contribution is 5.96. The number of fused-ring (bicyclic) bond motifs is 1. The molecule has 24 heavy (non-hydrogen) atoms. The van der Waals surface area contributed by atoms with Gasteiger partial charge in [-0.1, -0.05) is 6.42 Å². The number of carbonyl (C=O) groups is 1. The Kier molecular flexibility index (Phi) is 6.46. The van der Waals surface area contributed by atoms with Crippen molar-refractivity contribution in [3.05, 3.63) is 24.0 Å². The van der Waals surface area contributed by atoms with Crippen molar-refractivity contribution in [2.45, 2.75) is 31.3 Å². The molecule has 8 heteroatoms. The number of halogens is 2. The second-order valence-electron chi connectivity index (χ2n) is 6.03. The van der Waals surface area contributed by atoms with E-state index in [0.717, 1.165) is 29.1 Å². The summed E-state index contributed by atoms with van der Waals surface area (Å²) in [5.41, 5.74) is 2.70. The number of ether oxygens (including phenoxy) is 1. The average molecular weight is 373 g/mol. The Morgan fingerprint density at radius 1 is 1.29 bits per heavy atom. The van der Waals surface area contributed by atoms with E-state index in [1.165, 1.54) is 19.3 Å². The number of hydrogen-bond donors (Lipinski definition) is 3. The van der Waals surface area contributed by atoms with Crippen LogP contribution < -0.4 is 10.6 Å². The lowest BCUT2D eigenvalue weighted by atomic mass is 9.85. The van der Waals surface area contributed by atoms with Gasteiger partial charge in [-0.3, -0.25) is 4.79 Å². The Morgan fingerprint density at radius 3 is 2.79 bits per heavy atom. The van der Waals surface area contributed by atoms with E-state index in [4.69, 9.17) is 4.74 Å². The molecule has 2 aliphatic rings. The minimum absolute atomic E-state index is 0. The normalized spacial score (nSPS) is 20.6. The van der Waals surface area contributed by atoms with Crippen LogP contribution in [0.1, 0.15) is 31.0 Å². The van der Waals surface area contributed by atoms with Crippen LogP contribution in [0.2, 0.25) is 0 Å². The molecule has 0 spiro atoms. The number of morpholine rings is 1. The van der Waals surface area contributed by atoms with Gasteiger partial charge in [-0.2, -0.15) is 0 Å². The third-order valence-corrected chi connectivity index (χ3v) is 4.48. The summed E-state index contributed by atoms with van der Waals surface area (Å²) in [4.78, 5) is 20.2. The molecule has 6 nitrogen and oxygen atoms in total. The van der Waals surface area contributed by atoms with Crippen LogP contribution in [0.5, 0.6) is 0 Å². The summed E-state index contributed by atoms with van der Waals surface area (Å²) in [6, 6.07) is 5.78. The lowest BCUT2D eigenvalue weighted by Crippen LogP contribution is -2.45. The fourth-order valence-corrected chi connectivity index (χ4v) is 2.94. The number of rotatable bonds is 3. The van der Waals surface area contributed by atoms with Gasteiger partial charge in [0, 0.05) is 24.7 Å². The predicted octanol–water partition coefficient (Wildman–Crippen LogP) is 2.60. The van der Waals surface area contributed by atoms with Crippen LogP contribution >= 0.6 is 24.8 Å². The fourth-order valence-electron chi connectivity index (χ4n) is 2.94. The van der Waals surface area contributed by atoms with E-state index >= 15 is 0 Å². The van der Waals surface area contributed by atoms with Crippen molar-refractivity contribution in [2.24, 2.45) is 0 Å². The molecule has 0 radical (unpaired) electrons. The van der Waals surface area contributed by atoms with Gasteiger partial charge in [0.15, 0.2) is 0 Å². The summed E-state index contributed by atoms with van der Waals surface area (Å²) in [5, 5.41) is 6.08. The molecule has 1 aliphatic heterocycles. The first-order valence-electron chi connectivity index (χ1n) is 7.92. The largest absolute Gasteiger partial charge is 0.366 e. The van der Waals surface area contributed by atoms with E-state index < -0.39 is 6.10 Å². The Balaban J connectivity index is 0.00000104. The van der Waals surface area contributed by atoms with Crippen molar-refractivity contribution in [3.8, 4) is 0 Å². The molecule has 0 bridgehead atoms. The lowest BCUT2D eigenvalue weighted by Gasteiger charge is -2.22. The van der Waals surface area contributed by atoms with Crippen molar-refractivity contribution in [3.63, 3.8) is 0 Å². The van der Waals surface area contributed by atoms with Gasteiger partial charge in [0.2, 0.25) is 0 Å². The number of carbonyl (C=O) groups excluding carboxylic acids is 1. The lowest BCUT2D eigenvalue weighted by molar-refractivity contribution is -0.128. The van der Waals surface area contributed by atoms with Crippen molar-refractivity contribution >= 4 is 47.4 Å². The van der Waals surface area contributed by atoms with Crippen LogP contribution in [-0.2, 0) is 9.53 Å². The first kappa shape index (κ1) is 19.0. The van der Waals surface area contributed by atoms with E-state index in [1.54, 1.807) is 0 Å². The number of imidazole rings is 1. The van der Waals surface area contributed by atoms with Gasteiger partial charge in [-0.15, -0.1) is 24.8 Å². The monoisotopic (exact) mass is 372 g/mol. The van der Waals surface area contributed by atoms with Gasteiger partial charge in [-0.05, 0) is 31.0 Å². The molecule has 1 aromatic heterocycles. The standard InChI is InChI=1S/C16H20N4O2.2ClH/c21-16(14-9-17-6-7-22-14)18-11-4-5-12-13(8-11)20-15(19-12)10-2-1-3-10;;/h4-5,8,10,14,17H,1-3,6-7,9H2,(H,18,21)(H,19,20);2*1H. The van der Waals surface area contributed by atoms with Gasteiger partial charge in [-0.25, -0.2) is 4.98 Å². The molecule has 2 aromatic rings. The zero-order valence-electron chi connectivity index (χ0n) is 13.2. The number of aromatic nitrogens is 2. The van der Waals surface area contributed by atoms with E-state index in [0.29, 0.717) is 19.1 Å². The first-order valence-corrected chi connectivity index (χ1v) is 7.92. The van der Waals surface area contributed by atoms with E-state index in [2.05, 4.69) is 20.6 Å². The smallest absolute Gasteiger partial charge is 0.254 e. The Bertz CT molecular complexity index is 696. The molecule has 1 unspecified atom stereocenters. The Morgan fingerprint density at radius 2 is 2.12 bits per heavy atom. The predicted molar refractivity (Wildman–Crippen MR) is 98.4 cm³/mol. The van der Waals surface area contributed by atoms with Crippen LogP contribution in [0.25, 0.3) is 11.0 Å². The summed E-state index contributed by atoms with van der Waals surface area (Å²) in [6.45, 7) is 1.93. The molecule has 2 fully saturated rings. The fraction of sp³-hybridized carbons (Fsp3) is 0.500. The molecule has 4 rings (SSSR count). The van der Waals surface area contributed by atoms with Crippen molar-refractivity contribution in [2.75, 3.05) is 25.0 Å². The molecule has 1 amide bonds. The molecule has 132 valence electrons. The number of benzene rings is 1. The maximum atomic E-state index is 12.2. The minimum Gasteiger partial charge on any atom is -0.366 e. The highest BCUT2D eigenvalue weighted by Gasteiger charge is 2.23. The van der Waals surface area contributed by atoms with Gasteiger partial charge < -0.3 is 20.4 Å². The molecule has 1 saturated carbocycles. The van der Waals surface area contributed by atoms with Crippen molar-refractivity contribution in [1.82, 2.24) is 15.3 Å². The maximum Gasteiger partial charge on any atom is 0.254 e. The highest BCUT2D eigenvalue weighted by Crippen LogP contribution is 2.35. The van der Waals surface area contributed by atoms with Gasteiger partial charge >= 0.3 is 0 Å². The molecule has 1 aromatic carbocycles. The van der Waals surface area contributed by atoms with Crippen LogP contribution in [0.15, 0.2) is 18.2 Å². The summed E-state index contributed by atoms with van der Waals surface area (Å²) in [7, 11) is 0. The minimum atomic E-state index is -0.420. The number of anilines is 1. The number of amides is 1. The summed E-state index contributed by atoms with van der Waals surface area (Å²) in [6.07, 6.45) is 3.31. The summed E-state index contributed by atoms with van der Waals surface area (Å²) >= 11 is 0. The van der Waals surface area contributed by atoms with Crippen LogP contribution in [0, 0.1) is 0 Å². The first-order chi connectivity index (χ1) is 10.8. The van der Waals surface area contributed by atoms with Crippen molar-refractivity contribution in [1.29, 1.82) is 0 Å². The Hall–Kier alpha value is -1.34. The summed E-state index contributed by atoms with van der Waals surface area (Å²) < 4.78 is 5.46. The number of hydrogen-bond acceptors (Lipinski definition) is 4. The third kappa shape index (κ3) is 3.83. The molecule has 1 atom stereocenters. The molecule has 3 N–H and O–H groups in total. The molecule has 1 saturated heterocycles. The van der Waals surface area contributed by atoms with E-state index in [9.17, 15) is 4.79 Å². The molecule has 1 aliphatic carbocycles. The van der Waals surface area contributed by atoms with Crippen LogP contribution in [-0.4, -0.2) is 41.7 Å². The third-order valence-electron chi connectivity index (χ3n) is 4.48. The van der Waals surface area contributed by atoms with Crippen LogP contribution in [0.4, 0.5) is 5.69 Å². The highest BCUT2D eigenvalue weighted by atomic mass is 35.5. The van der Waals surface area contributed by atoms with Gasteiger partial charge in [0.1, 0.15) is 11.9 Å². The van der Waals surface area contributed by atoms with Gasteiger partial charge in [0.05, 0.1) is 17.6 Å². The number of nitrogens with zero attached hydrogens (tertiary/aromatic N) is 1. The maximum absolute atomic E-state index is 12.2. The zero-order valence-corrected chi connectivity index (χ0v) is 14.8. The number of nitrogens with one attached hydrogen (secondary N) is 3. The van der Waals surface area contributed by atoms with Crippen molar-refractivity contribution < 1.29 is 9.53 Å². The number of aromatic amines is 1. The summed E-state index contributed by atoms with van der Waals surface area (Å²) in [5.74, 6) is 1.54. The Labute approximate surface area is 152 Å². The zero-order chi connectivity index (χ0) is 14.9. The van der Waals surface area contributed by atoms with E-state index in [-0.39, 0.29) is 30.7 Å². The average Bonchev–Trinajstić information content (AvgIpc) is 2.88. The van der Waals surface area contributed by atoms with Crippen LogP contribution in [0.3, 0.4) is 0 Å².